The lowest BCUT2D eigenvalue weighted by Crippen LogP contribution is -2.76. The fourth-order valence-corrected chi connectivity index (χ4v) is 8.97. The molecule has 2 nitrogen and oxygen atoms in total. The van der Waals surface area contributed by atoms with Gasteiger partial charge in [0.2, 0.25) is 0 Å². The number of benzene rings is 7. The van der Waals surface area contributed by atoms with E-state index in [0.717, 1.165) is 19.5 Å². The lowest BCUT2D eigenvalue weighted by molar-refractivity contribution is -0.589. The van der Waals surface area contributed by atoms with Gasteiger partial charge in [-0.15, -0.1) is 0 Å². The molecule has 0 amide bonds. The average Bonchev–Trinajstić information content (AvgIpc) is 3.50. The molecule has 2 unspecified atom stereocenters. The first kappa shape index (κ1) is 37.9. The molecule has 0 aliphatic carbocycles. The molecule has 57 heavy (non-hydrogen) atoms. The van der Waals surface area contributed by atoms with Gasteiger partial charge in [0, 0.05) is 39.9 Å². The molecule has 2 atom stereocenters. The number of nitrogens with two attached hydrogens (primary N) is 1. The zero-order chi connectivity index (χ0) is 39.4. The largest absolute Gasteiger partial charge is 0.340 e. The van der Waals surface area contributed by atoms with Gasteiger partial charge in [-0.2, -0.15) is 0 Å². The number of hydrogen-bond donors (Lipinski definition) is 1. The van der Waals surface area contributed by atoms with Gasteiger partial charge in [0.25, 0.3) is 0 Å². The van der Waals surface area contributed by atoms with Gasteiger partial charge in [-0.3, -0.25) is 0 Å². The van der Waals surface area contributed by atoms with E-state index in [9.17, 15) is 0 Å². The van der Waals surface area contributed by atoms with E-state index in [1.807, 2.05) is 0 Å². The second-order valence-corrected chi connectivity index (χ2v) is 16.5. The van der Waals surface area contributed by atoms with Crippen molar-refractivity contribution >= 4 is 38.5 Å². The summed E-state index contributed by atoms with van der Waals surface area (Å²) < 4.78 is 0. The van der Waals surface area contributed by atoms with Crippen LogP contribution in [0.5, 0.6) is 0 Å². The summed E-state index contributed by atoms with van der Waals surface area (Å²) in [6.45, 7) is 13.7. The van der Waals surface area contributed by atoms with Crippen molar-refractivity contribution in [2.45, 2.75) is 65.0 Å². The highest BCUT2D eigenvalue weighted by Gasteiger charge is 2.43. The smallest absolute Gasteiger partial charge is 0.134 e. The summed E-state index contributed by atoms with van der Waals surface area (Å²) >= 11 is 0. The first-order valence-electron chi connectivity index (χ1n) is 20.7. The second kappa shape index (κ2) is 16.3. The van der Waals surface area contributed by atoms with Crippen molar-refractivity contribution in [3.63, 3.8) is 0 Å². The predicted octanol–water partition coefficient (Wildman–Crippen LogP) is 13.2. The maximum absolute atomic E-state index is 2.57. The first-order chi connectivity index (χ1) is 27.8. The topological polar surface area (TPSA) is 19.9 Å². The molecule has 7 aromatic carbocycles. The van der Waals surface area contributed by atoms with Crippen LogP contribution >= 0.6 is 0 Å². The van der Waals surface area contributed by atoms with Crippen LogP contribution < -0.4 is 10.2 Å². The highest BCUT2D eigenvalue weighted by molar-refractivity contribution is 5.95. The number of fused-ring (bicyclic) bond motifs is 4. The summed E-state index contributed by atoms with van der Waals surface area (Å²) in [4.78, 5) is 2.57. The van der Waals surface area contributed by atoms with E-state index in [4.69, 9.17) is 0 Å². The quantitative estimate of drug-likeness (QED) is 0.0976. The van der Waals surface area contributed by atoms with E-state index in [2.05, 4.69) is 233 Å². The van der Waals surface area contributed by atoms with Crippen LogP contribution in [0.15, 0.2) is 194 Å². The molecule has 0 radical (unpaired) electrons. The molecule has 2 N–H and O–H groups in total. The summed E-state index contributed by atoms with van der Waals surface area (Å²) in [5.41, 5.74) is 11.5. The molecule has 0 saturated heterocycles. The monoisotopic (exact) mass is 743 g/mol. The first-order valence-corrected chi connectivity index (χ1v) is 20.7. The molecule has 0 bridgehead atoms. The maximum Gasteiger partial charge on any atom is 0.134 e. The molecule has 8 rings (SSSR count). The second-order valence-electron chi connectivity index (χ2n) is 16.5. The lowest BCUT2D eigenvalue weighted by Gasteiger charge is -2.32. The van der Waals surface area contributed by atoms with Crippen molar-refractivity contribution in [1.82, 2.24) is 0 Å². The highest BCUT2D eigenvalue weighted by Crippen LogP contribution is 2.53. The summed E-state index contributed by atoms with van der Waals surface area (Å²) in [6.07, 6.45) is 10.6. The summed E-state index contributed by atoms with van der Waals surface area (Å²) in [6, 6.07) is 59.6. The van der Waals surface area contributed by atoms with Crippen LogP contribution in [0.25, 0.3) is 27.1 Å². The summed E-state index contributed by atoms with van der Waals surface area (Å²) in [5, 5.41) is 7.68. The highest BCUT2D eigenvalue weighted by atomic mass is 15.2. The van der Waals surface area contributed by atoms with E-state index in [1.54, 1.807) is 0 Å². The minimum Gasteiger partial charge on any atom is -0.340 e. The Kier molecular flexibility index (Phi) is 10.8. The molecule has 0 saturated carbocycles. The Bertz CT molecular complexity index is 2580. The van der Waals surface area contributed by atoms with Crippen LogP contribution in [0.3, 0.4) is 0 Å². The molecule has 0 spiro atoms. The number of anilines is 1. The van der Waals surface area contributed by atoms with E-state index in [1.165, 1.54) is 72.0 Å². The third kappa shape index (κ3) is 7.51. The normalized spacial score (nSPS) is 17.2. The maximum atomic E-state index is 2.57. The number of hydrogen-bond acceptors (Lipinski definition) is 1. The minimum atomic E-state index is -0.163. The van der Waals surface area contributed by atoms with E-state index < -0.39 is 0 Å². The zero-order valence-corrected chi connectivity index (χ0v) is 34.1. The van der Waals surface area contributed by atoms with Crippen molar-refractivity contribution < 1.29 is 5.32 Å². The standard InChI is InChI=1S/C55H54N2/c1-6-55(5)51(57(39-42-22-12-8-13-23-42)50-36-33-46-27-17-19-29-48(46)53(50)55)37-34-44(43-24-14-9-15-25-43)31-30-40(2)54(3,4)52-47-28-18-16-26-45(47)32-35-49(52)56-38-41-20-10-7-11-21-41/h7-37,40,56H,6,38-39H2,1-5H3/p+1/b31-30+,44-34-,51-37+. The van der Waals surface area contributed by atoms with Crippen LogP contribution in [0.4, 0.5) is 11.4 Å². The number of quaternary nitrogens is 1. The Morgan fingerprint density at radius 2 is 1.26 bits per heavy atom. The fourth-order valence-electron chi connectivity index (χ4n) is 8.97. The molecule has 2 heteroatoms. The Morgan fingerprint density at radius 1 is 0.684 bits per heavy atom. The summed E-state index contributed by atoms with van der Waals surface area (Å²) in [5.74, 6) is 0.240. The molecular weight excluding hydrogens is 689 g/mol. The van der Waals surface area contributed by atoms with Crippen LogP contribution in [-0.4, -0.2) is 0 Å². The van der Waals surface area contributed by atoms with Crippen molar-refractivity contribution in [3.05, 3.63) is 222 Å². The molecule has 1 aliphatic heterocycles. The Morgan fingerprint density at radius 3 is 1.95 bits per heavy atom. The van der Waals surface area contributed by atoms with Gasteiger partial charge in [-0.1, -0.05) is 192 Å². The van der Waals surface area contributed by atoms with Gasteiger partial charge in [0.05, 0.1) is 0 Å². The fraction of sp³-hybridized carbons (Fsp3) is 0.200. The molecule has 1 aliphatic rings. The van der Waals surface area contributed by atoms with Crippen LogP contribution in [0.2, 0.25) is 0 Å². The van der Waals surface area contributed by atoms with Crippen LogP contribution in [0.1, 0.15) is 68.9 Å². The molecule has 284 valence electrons. The van der Waals surface area contributed by atoms with E-state index in [-0.39, 0.29) is 16.7 Å². The molecule has 0 aromatic heterocycles. The minimum absolute atomic E-state index is 0.151. The van der Waals surface area contributed by atoms with Crippen molar-refractivity contribution in [1.29, 1.82) is 0 Å². The number of allylic oxidation sites excluding steroid dienone is 6. The van der Waals surface area contributed by atoms with Gasteiger partial charge in [0.1, 0.15) is 12.2 Å². The van der Waals surface area contributed by atoms with Crippen molar-refractivity contribution in [2.24, 2.45) is 5.92 Å². The lowest BCUT2D eigenvalue weighted by atomic mass is 9.71. The molecule has 0 fully saturated rings. The third-order valence-electron chi connectivity index (χ3n) is 12.7. The molecular formula is C55H55N2+. The molecule has 7 aromatic rings. The Hall–Kier alpha value is -5.96. The Balaban J connectivity index is 1.20. The van der Waals surface area contributed by atoms with Crippen LogP contribution in [0, 0.1) is 5.92 Å². The van der Waals surface area contributed by atoms with E-state index in [0.29, 0.717) is 0 Å². The number of rotatable bonds is 12. The number of nitrogens with zero attached hydrogens (tertiary/aromatic N) is 1. The van der Waals surface area contributed by atoms with Gasteiger partial charge in [0.15, 0.2) is 0 Å². The van der Waals surface area contributed by atoms with Gasteiger partial charge in [-0.25, -0.2) is 0 Å². The van der Waals surface area contributed by atoms with Crippen molar-refractivity contribution in [3.8, 4) is 0 Å². The van der Waals surface area contributed by atoms with E-state index >= 15 is 0 Å². The Labute approximate surface area is 339 Å². The predicted molar refractivity (Wildman–Crippen MR) is 244 cm³/mol. The third-order valence-corrected chi connectivity index (χ3v) is 12.7. The summed E-state index contributed by atoms with van der Waals surface area (Å²) in [7, 11) is 0. The van der Waals surface area contributed by atoms with Gasteiger partial charge >= 0.3 is 0 Å². The molecule has 1 heterocycles. The van der Waals surface area contributed by atoms with Gasteiger partial charge in [-0.05, 0) is 87.3 Å². The average molecular weight is 744 g/mol. The van der Waals surface area contributed by atoms with Gasteiger partial charge < -0.3 is 10.2 Å². The zero-order valence-electron chi connectivity index (χ0n) is 34.1. The van der Waals surface area contributed by atoms with Crippen LogP contribution in [-0.2, 0) is 23.9 Å². The van der Waals surface area contributed by atoms with Crippen molar-refractivity contribution in [2.75, 3.05) is 4.90 Å². The SMILES string of the molecule is CCC1(C)\C(=C/C=C(/C=C/C(C)C(C)(C)c2c([NH2+]Cc3ccccc3)ccc3ccccc23)c2ccccc2)N(Cc2ccccc2)c2ccc3ccccc3c21.